The van der Waals surface area contributed by atoms with Gasteiger partial charge in [-0.2, -0.15) is 0 Å². The van der Waals surface area contributed by atoms with Gasteiger partial charge in [0.05, 0.1) is 17.5 Å². The number of methoxy groups -OCH3 is 1. The van der Waals surface area contributed by atoms with Gasteiger partial charge in [-0.05, 0) is 29.8 Å². The molecule has 3 aromatic rings. The Bertz CT molecular complexity index is 1050. The standard InChI is InChI=1S/C15H15N3O5S/c1-18-12-8-11(3-4-13(12)23-15(18)19)24(20,21)17-9-10-5-6-16-14(7-10)22-2/h3-8,17H,9H2,1-2H3. The molecule has 0 radical (unpaired) electrons. The highest BCUT2D eigenvalue weighted by molar-refractivity contribution is 7.89. The molecule has 0 saturated carbocycles. The molecule has 3 rings (SSSR count). The Morgan fingerprint density at radius 3 is 2.83 bits per heavy atom. The number of ether oxygens (including phenoxy) is 1. The van der Waals surface area contributed by atoms with E-state index in [0.29, 0.717) is 22.5 Å². The van der Waals surface area contributed by atoms with Gasteiger partial charge in [0.15, 0.2) is 5.58 Å². The third-order valence-electron chi connectivity index (χ3n) is 3.55. The van der Waals surface area contributed by atoms with Crippen molar-refractivity contribution in [3.8, 4) is 5.88 Å². The number of hydrogen-bond acceptors (Lipinski definition) is 6. The van der Waals surface area contributed by atoms with Crippen LogP contribution in [0.3, 0.4) is 0 Å². The lowest BCUT2D eigenvalue weighted by molar-refractivity contribution is 0.397. The van der Waals surface area contributed by atoms with Gasteiger partial charge in [-0.1, -0.05) is 0 Å². The fourth-order valence-electron chi connectivity index (χ4n) is 2.21. The Hall–Kier alpha value is -2.65. The molecule has 0 aliphatic carbocycles. The molecule has 0 saturated heterocycles. The van der Waals surface area contributed by atoms with Crippen molar-refractivity contribution < 1.29 is 17.6 Å². The predicted octanol–water partition coefficient (Wildman–Crippen LogP) is 1.01. The SMILES string of the molecule is COc1cc(CNS(=O)(=O)c2ccc3oc(=O)n(C)c3c2)ccn1. The van der Waals surface area contributed by atoms with Crippen molar-refractivity contribution in [1.29, 1.82) is 0 Å². The number of hydrogen-bond donors (Lipinski definition) is 1. The van der Waals surface area contributed by atoms with Gasteiger partial charge in [-0.3, -0.25) is 4.57 Å². The number of aryl methyl sites for hydroxylation is 1. The number of oxazole rings is 1. The maximum Gasteiger partial charge on any atom is 0.419 e. The van der Waals surface area contributed by atoms with Gasteiger partial charge in [0, 0.05) is 25.9 Å². The summed E-state index contributed by atoms with van der Waals surface area (Å²) in [6.45, 7) is 0.0869. The van der Waals surface area contributed by atoms with Crippen molar-refractivity contribution in [2.24, 2.45) is 7.05 Å². The summed E-state index contributed by atoms with van der Waals surface area (Å²) in [6, 6.07) is 7.58. The molecule has 9 heteroatoms. The van der Waals surface area contributed by atoms with E-state index in [1.807, 2.05) is 0 Å². The van der Waals surface area contributed by atoms with Crippen LogP contribution in [0.5, 0.6) is 5.88 Å². The van der Waals surface area contributed by atoms with E-state index in [4.69, 9.17) is 9.15 Å². The van der Waals surface area contributed by atoms with E-state index >= 15 is 0 Å². The maximum atomic E-state index is 12.4. The molecule has 1 aromatic carbocycles. The van der Waals surface area contributed by atoms with Crippen LogP contribution in [0.1, 0.15) is 5.56 Å². The largest absolute Gasteiger partial charge is 0.481 e. The first-order chi connectivity index (χ1) is 11.4. The fourth-order valence-corrected chi connectivity index (χ4v) is 3.24. The zero-order valence-electron chi connectivity index (χ0n) is 13.0. The summed E-state index contributed by atoms with van der Waals surface area (Å²) >= 11 is 0. The monoisotopic (exact) mass is 349 g/mol. The third-order valence-corrected chi connectivity index (χ3v) is 4.95. The van der Waals surface area contributed by atoms with Crippen LogP contribution in [0.4, 0.5) is 0 Å². The molecular formula is C15H15N3O5S. The van der Waals surface area contributed by atoms with Gasteiger partial charge in [0.2, 0.25) is 15.9 Å². The van der Waals surface area contributed by atoms with Crippen molar-refractivity contribution in [1.82, 2.24) is 14.3 Å². The van der Waals surface area contributed by atoms with Crippen LogP contribution in [-0.4, -0.2) is 25.1 Å². The Labute approximate surface area is 137 Å². The molecule has 0 atom stereocenters. The first-order valence-electron chi connectivity index (χ1n) is 6.99. The summed E-state index contributed by atoms with van der Waals surface area (Å²) in [5, 5.41) is 0. The summed E-state index contributed by atoms with van der Waals surface area (Å²) in [5.74, 6) is -0.141. The lowest BCUT2D eigenvalue weighted by atomic mass is 10.3. The number of sulfonamides is 1. The number of aromatic nitrogens is 2. The molecule has 0 unspecified atom stereocenters. The maximum absolute atomic E-state index is 12.4. The van der Waals surface area contributed by atoms with Crippen LogP contribution in [0, 0.1) is 0 Å². The van der Waals surface area contributed by atoms with Crippen molar-refractivity contribution in [3.63, 3.8) is 0 Å². The Kier molecular flexibility index (Phi) is 4.12. The van der Waals surface area contributed by atoms with Crippen LogP contribution in [0.2, 0.25) is 0 Å². The second-order valence-electron chi connectivity index (χ2n) is 5.09. The van der Waals surface area contributed by atoms with E-state index in [1.54, 1.807) is 12.1 Å². The summed E-state index contributed by atoms with van der Waals surface area (Å²) < 4.78 is 38.6. The number of nitrogens with zero attached hydrogens (tertiary/aromatic N) is 2. The smallest absolute Gasteiger partial charge is 0.419 e. The summed E-state index contributed by atoms with van der Waals surface area (Å²) in [6.07, 6.45) is 1.54. The topological polar surface area (TPSA) is 103 Å². The second-order valence-corrected chi connectivity index (χ2v) is 6.85. The summed E-state index contributed by atoms with van der Waals surface area (Å²) in [5.41, 5.74) is 1.45. The highest BCUT2D eigenvalue weighted by Crippen LogP contribution is 2.18. The number of pyridine rings is 1. The lowest BCUT2D eigenvalue weighted by Gasteiger charge is -2.08. The number of fused-ring (bicyclic) bond motifs is 1. The number of benzene rings is 1. The molecule has 0 aliphatic heterocycles. The summed E-state index contributed by atoms with van der Waals surface area (Å²) in [4.78, 5) is 15.5. The first kappa shape index (κ1) is 16.2. The minimum absolute atomic E-state index is 0.0485. The van der Waals surface area contributed by atoms with Crippen molar-refractivity contribution >= 4 is 21.1 Å². The molecule has 0 bridgehead atoms. The molecule has 2 heterocycles. The van der Waals surface area contributed by atoms with Gasteiger partial charge < -0.3 is 9.15 Å². The normalized spacial score (nSPS) is 11.8. The van der Waals surface area contributed by atoms with E-state index in [0.717, 1.165) is 0 Å². The van der Waals surface area contributed by atoms with Gasteiger partial charge >= 0.3 is 5.76 Å². The Balaban J connectivity index is 1.87. The predicted molar refractivity (Wildman–Crippen MR) is 86.3 cm³/mol. The van der Waals surface area contributed by atoms with Crippen LogP contribution < -0.4 is 15.2 Å². The molecule has 1 N–H and O–H groups in total. The minimum Gasteiger partial charge on any atom is -0.481 e. The molecule has 0 amide bonds. The fraction of sp³-hybridized carbons (Fsp3) is 0.200. The zero-order chi connectivity index (χ0) is 17.3. The van der Waals surface area contributed by atoms with Crippen LogP contribution in [0.25, 0.3) is 11.1 Å². The lowest BCUT2D eigenvalue weighted by Crippen LogP contribution is -2.23. The minimum atomic E-state index is -3.75. The molecule has 126 valence electrons. The van der Waals surface area contributed by atoms with Crippen LogP contribution in [-0.2, 0) is 23.6 Å². The average Bonchev–Trinajstić information content (AvgIpc) is 2.87. The van der Waals surface area contributed by atoms with Crippen molar-refractivity contribution in [2.45, 2.75) is 11.4 Å². The Morgan fingerprint density at radius 1 is 1.29 bits per heavy atom. The van der Waals surface area contributed by atoms with Gasteiger partial charge in [-0.25, -0.2) is 22.9 Å². The average molecular weight is 349 g/mol. The first-order valence-corrected chi connectivity index (χ1v) is 8.47. The molecule has 0 spiro atoms. The van der Waals surface area contributed by atoms with Crippen LogP contribution >= 0.6 is 0 Å². The Morgan fingerprint density at radius 2 is 2.08 bits per heavy atom. The number of nitrogens with one attached hydrogen (secondary N) is 1. The van der Waals surface area contributed by atoms with E-state index in [9.17, 15) is 13.2 Å². The van der Waals surface area contributed by atoms with Gasteiger partial charge in [-0.15, -0.1) is 0 Å². The number of rotatable bonds is 5. The van der Waals surface area contributed by atoms with Crippen molar-refractivity contribution in [2.75, 3.05) is 7.11 Å². The highest BCUT2D eigenvalue weighted by Gasteiger charge is 2.16. The molecule has 2 aromatic heterocycles. The third kappa shape index (κ3) is 3.03. The van der Waals surface area contributed by atoms with Gasteiger partial charge in [0.1, 0.15) is 0 Å². The van der Waals surface area contributed by atoms with E-state index < -0.39 is 15.8 Å². The molecule has 24 heavy (non-hydrogen) atoms. The highest BCUT2D eigenvalue weighted by atomic mass is 32.2. The molecule has 0 fully saturated rings. The van der Waals surface area contributed by atoms with Gasteiger partial charge in [0.25, 0.3) is 0 Å². The molecular weight excluding hydrogens is 334 g/mol. The van der Waals surface area contributed by atoms with E-state index in [-0.39, 0.29) is 11.4 Å². The van der Waals surface area contributed by atoms with Crippen molar-refractivity contribution in [3.05, 3.63) is 52.6 Å². The molecule has 0 aliphatic rings. The van der Waals surface area contributed by atoms with E-state index in [1.165, 1.54) is 43.1 Å². The molecule has 8 nitrogen and oxygen atoms in total. The summed E-state index contributed by atoms with van der Waals surface area (Å²) in [7, 11) is -0.743. The van der Waals surface area contributed by atoms with Crippen LogP contribution in [0.15, 0.2) is 50.6 Å². The second kappa shape index (κ2) is 6.10. The quantitative estimate of drug-likeness (QED) is 0.737. The van der Waals surface area contributed by atoms with E-state index in [2.05, 4.69) is 9.71 Å². The zero-order valence-corrected chi connectivity index (χ0v) is 13.8.